The molecule has 2 heteroatoms. The Hall–Kier alpha value is -2.84. The van der Waals surface area contributed by atoms with Crippen LogP contribution in [0.15, 0.2) is 70.6 Å². The molecule has 6 rings (SSSR count). The molecular weight excluding hydrogens is 502 g/mol. The lowest BCUT2D eigenvalue weighted by Gasteiger charge is -2.28. The monoisotopic (exact) mass is 545 g/mol. The number of rotatable bonds is 3. The Labute approximate surface area is 244 Å². The molecule has 4 aromatic carbocycles. The fourth-order valence-electron chi connectivity index (χ4n) is 6.48. The van der Waals surface area contributed by atoms with Crippen molar-refractivity contribution in [2.75, 3.05) is 0 Å². The van der Waals surface area contributed by atoms with Crippen molar-refractivity contribution >= 4 is 44.1 Å². The first kappa shape index (κ1) is 27.3. The highest BCUT2D eigenvalue weighted by molar-refractivity contribution is 8.00. The van der Waals surface area contributed by atoms with Gasteiger partial charge in [-0.15, -0.1) is 0 Å². The zero-order valence-corrected chi connectivity index (χ0v) is 26.6. The number of nitrogens with zero attached hydrogens (tertiary/aromatic N) is 1. The van der Waals surface area contributed by atoms with Crippen molar-refractivity contribution in [3.05, 3.63) is 77.5 Å². The third-order valence-electron chi connectivity index (χ3n) is 7.79. The fourth-order valence-corrected chi connectivity index (χ4v) is 7.76. The molecule has 1 aliphatic rings. The van der Waals surface area contributed by atoms with Gasteiger partial charge in [-0.1, -0.05) is 110 Å². The van der Waals surface area contributed by atoms with Gasteiger partial charge in [0.15, 0.2) is 0 Å². The van der Waals surface area contributed by atoms with Gasteiger partial charge in [-0.25, -0.2) is 0 Å². The summed E-state index contributed by atoms with van der Waals surface area (Å²) in [6.07, 6.45) is 5.20. The van der Waals surface area contributed by atoms with Crippen LogP contribution >= 0.6 is 11.8 Å². The Kier molecular flexibility index (Phi) is 6.39. The number of fused-ring (bicyclic) bond motifs is 5. The summed E-state index contributed by atoms with van der Waals surface area (Å²) >= 11 is 1.97. The van der Waals surface area contributed by atoms with E-state index in [0.717, 1.165) is 25.0 Å². The molecular formula is C38H43NS. The molecule has 1 nitrogen and oxygen atoms in total. The predicted molar refractivity (Wildman–Crippen MR) is 176 cm³/mol. The summed E-state index contributed by atoms with van der Waals surface area (Å²) in [7, 11) is 0. The van der Waals surface area contributed by atoms with Crippen molar-refractivity contribution in [2.45, 2.75) is 91.4 Å². The van der Waals surface area contributed by atoms with Gasteiger partial charge in [-0.2, -0.15) is 0 Å². The molecule has 0 spiro atoms. The van der Waals surface area contributed by atoms with Crippen LogP contribution in [0.25, 0.3) is 43.6 Å². The van der Waals surface area contributed by atoms with Crippen LogP contribution < -0.4 is 0 Å². The first-order chi connectivity index (χ1) is 18.7. The minimum atomic E-state index is 0.178. The minimum absolute atomic E-state index is 0.178. The van der Waals surface area contributed by atoms with E-state index < -0.39 is 0 Å². The molecule has 0 bridgehead atoms. The van der Waals surface area contributed by atoms with Gasteiger partial charge in [0.2, 0.25) is 0 Å². The van der Waals surface area contributed by atoms with E-state index in [4.69, 9.17) is 4.98 Å². The Balaban J connectivity index is 1.61. The predicted octanol–water partition coefficient (Wildman–Crippen LogP) is 11.4. The Bertz CT molecular complexity index is 1790. The molecule has 0 N–H and O–H groups in total. The largest absolute Gasteiger partial charge is 0.256 e. The lowest BCUT2D eigenvalue weighted by atomic mass is 9.83. The fraction of sp³-hybridized carbons (Fsp3) is 0.395. The maximum Gasteiger partial charge on any atom is 0.0803 e. The first-order valence-corrected chi connectivity index (χ1v) is 15.6. The molecule has 0 radical (unpaired) electrons. The van der Waals surface area contributed by atoms with E-state index in [1.165, 1.54) is 64.4 Å². The van der Waals surface area contributed by atoms with E-state index >= 15 is 0 Å². The van der Waals surface area contributed by atoms with Gasteiger partial charge < -0.3 is 0 Å². The van der Waals surface area contributed by atoms with E-state index in [9.17, 15) is 0 Å². The molecule has 0 atom stereocenters. The minimum Gasteiger partial charge on any atom is -0.256 e. The normalized spacial score (nSPS) is 13.8. The van der Waals surface area contributed by atoms with Crippen LogP contribution in [0.2, 0.25) is 0 Å². The SMILES string of the molecule is CC(C)(C)Cc1ccc2c(CC(C)(C)C)c3c(cc2c1)-c1nccc2c1c(cc1cc(CC(C)(C)C)ccc12)S3. The number of aromatic nitrogens is 1. The first-order valence-electron chi connectivity index (χ1n) is 14.8. The Morgan fingerprint density at radius 1 is 0.600 bits per heavy atom. The van der Waals surface area contributed by atoms with Crippen molar-refractivity contribution < 1.29 is 0 Å². The Morgan fingerprint density at radius 3 is 1.77 bits per heavy atom. The van der Waals surface area contributed by atoms with Crippen LogP contribution in [0.5, 0.6) is 0 Å². The summed E-state index contributed by atoms with van der Waals surface area (Å²) in [4.78, 5) is 7.79. The average Bonchev–Trinajstić information content (AvgIpc) is 2.81. The van der Waals surface area contributed by atoms with E-state index in [1.807, 2.05) is 18.0 Å². The van der Waals surface area contributed by atoms with E-state index in [2.05, 4.69) is 117 Å². The number of hydrogen-bond acceptors (Lipinski definition) is 2. The van der Waals surface area contributed by atoms with Gasteiger partial charge in [-0.3, -0.25) is 4.98 Å². The van der Waals surface area contributed by atoms with Crippen LogP contribution in [-0.2, 0) is 19.3 Å². The smallest absolute Gasteiger partial charge is 0.0803 e. The van der Waals surface area contributed by atoms with Gasteiger partial charge in [0.05, 0.1) is 5.69 Å². The summed E-state index contributed by atoms with van der Waals surface area (Å²) in [6, 6.07) is 21.3. The van der Waals surface area contributed by atoms with E-state index in [-0.39, 0.29) is 16.2 Å². The Morgan fingerprint density at radius 2 is 1.18 bits per heavy atom. The van der Waals surface area contributed by atoms with Gasteiger partial charge >= 0.3 is 0 Å². The average molecular weight is 546 g/mol. The molecule has 1 aliphatic heterocycles. The number of hydrogen-bond donors (Lipinski definition) is 0. The van der Waals surface area contributed by atoms with Crippen molar-refractivity contribution in [3.8, 4) is 11.3 Å². The quantitative estimate of drug-likeness (QED) is 0.205. The highest BCUT2D eigenvalue weighted by Gasteiger charge is 2.28. The summed E-state index contributed by atoms with van der Waals surface area (Å²) in [5, 5.41) is 8.02. The van der Waals surface area contributed by atoms with Gasteiger partial charge in [-0.05, 0) is 97.3 Å². The van der Waals surface area contributed by atoms with E-state index in [1.54, 1.807) is 0 Å². The van der Waals surface area contributed by atoms with Crippen LogP contribution in [-0.4, -0.2) is 4.98 Å². The molecule has 206 valence electrons. The molecule has 40 heavy (non-hydrogen) atoms. The number of benzene rings is 4. The lowest BCUT2D eigenvalue weighted by molar-refractivity contribution is 0.410. The molecule has 0 aliphatic carbocycles. The van der Waals surface area contributed by atoms with Crippen LogP contribution in [0.4, 0.5) is 0 Å². The molecule has 2 heterocycles. The second kappa shape index (κ2) is 9.35. The third-order valence-corrected chi connectivity index (χ3v) is 9.01. The summed E-state index contributed by atoms with van der Waals surface area (Å²) in [6.45, 7) is 21.0. The summed E-state index contributed by atoms with van der Waals surface area (Å²) in [5.41, 5.74) is 7.43. The molecule has 1 aromatic heterocycles. The highest BCUT2D eigenvalue weighted by Crippen LogP contribution is 2.52. The zero-order chi connectivity index (χ0) is 28.6. The van der Waals surface area contributed by atoms with Gasteiger partial charge in [0.1, 0.15) is 0 Å². The summed E-state index contributed by atoms with van der Waals surface area (Å²) in [5.74, 6) is 0. The lowest BCUT2D eigenvalue weighted by Crippen LogP contribution is -2.12. The number of pyridine rings is 1. The van der Waals surface area contributed by atoms with Crippen molar-refractivity contribution in [2.24, 2.45) is 16.2 Å². The zero-order valence-electron chi connectivity index (χ0n) is 25.8. The molecule has 5 aromatic rings. The standard InChI is InChI=1S/C38H43NS/c1-36(2,3)20-23-11-13-28-25(16-23)18-30-34-33-29(14-15-39-34)27-12-10-24(21-37(4,5)6)17-26(27)19-32(33)40-35(30)31(28)22-38(7,8)9/h10-19H,20-22H2,1-9H3. The van der Waals surface area contributed by atoms with Gasteiger partial charge in [0, 0.05) is 26.9 Å². The van der Waals surface area contributed by atoms with E-state index in [0.29, 0.717) is 0 Å². The highest BCUT2D eigenvalue weighted by atomic mass is 32.2. The summed E-state index contributed by atoms with van der Waals surface area (Å²) < 4.78 is 0. The molecule has 0 fully saturated rings. The van der Waals surface area contributed by atoms with Crippen LogP contribution in [0, 0.1) is 16.2 Å². The molecule has 0 unspecified atom stereocenters. The third kappa shape index (κ3) is 5.28. The molecule has 0 saturated carbocycles. The maximum atomic E-state index is 5.06. The van der Waals surface area contributed by atoms with Crippen molar-refractivity contribution in [1.29, 1.82) is 0 Å². The van der Waals surface area contributed by atoms with Gasteiger partial charge in [0.25, 0.3) is 0 Å². The van der Waals surface area contributed by atoms with Crippen LogP contribution in [0.3, 0.4) is 0 Å². The topological polar surface area (TPSA) is 12.9 Å². The molecule has 0 amide bonds. The van der Waals surface area contributed by atoms with Crippen molar-refractivity contribution in [1.82, 2.24) is 4.98 Å². The second-order valence-electron chi connectivity index (χ2n) is 15.6. The maximum absolute atomic E-state index is 5.06. The molecule has 0 saturated heterocycles. The van der Waals surface area contributed by atoms with Crippen LogP contribution in [0.1, 0.15) is 79.0 Å². The second-order valence-corrected chi connectivity index (χ2v) is 16.7. The van der Waals surface area contributed by atoms with Crippen molar-refractivity contribution in [3.63, 3.8) is 0 Å².